The maximum Gasteiger partial charge on any atom is 0.332 e. The summed E-state index contributed by atoms with van der Waals surface area (Å²) in [5.41, 5.74) is 8.77. The Morgan fingerprint density at radius 3 is 2.64 bits per heavy atom. The van der Waals surface area contributed by atoms with Crippen molar-refractivity contribution in [2.45, 2.75) is 20.0 Å². The molecule has 1 nitrogen and oxygen atoms in total. The van der Waals surface area contributed by atoms with Crippen LogP contribution in [-0.2, 0) is 4.43 Å². The summed E-state index contributed by atoms with van der Waals surface area (Å²) >= 11 is 0. The number of terminal acetylenes is 1. The van der Waals surface area contributed by atoms with Crippen LogP contribution in [0.5, 0.6) is 0 Å². The summed E-state index contributed by atoms with van der Waals surface area (Å²) in [4.78, 5) is 0. The average molecular weight is 180 g/mol. The van der Waals surface area contributed by atoms with Crippen molar-refractivity contribution in [1.29, 1.82) is 0 Å². The Kier molecular flexibility index (Phi) is 4.97. The zero-order valence-corrected chi connectivity index (χ0v) is 9.19. The molecule has 0 amide bonds. The molecule has 0 saturated heterocycles. The molecule has 3 heteroatoms. The van der Waals surface area contributed by atoms with Crippen molar-refractivity contribution in [3.05, 3.63) is 0 Å². The van der Waals surface area contributed by atoms with Gasteiger partial charge in [-0.05, 0) is 20.0 Å². The molecule has 11 heavy (non-hydrogen) atoms. The zero-order valence-electron chi connectivity index (χ0n) is 7.19. The van der Waals surface area contributed by atoms with Crippen molar-refractivity contribution in [1.82, 2.24) is 0 Å². The molecule has 0 bridgehead atoms. The fourth-order valence-electron chi connectivity index (χ4n) is 0.326. The molecule has 0 heterocycles. The van der Waals surface area contributed by atoms with Crippen molar-refractivity contribution in [3.8, 4) is 23.1 Å². The van der Waals surface area contributed by atoms with Crippen molar-refractivity contribution in [3.63, 3.8) is 0 Å². The molecule has 0 atom stereocenters. The van der Waals surface area contributed by atoms with Crippen LogP contribution in [0.25, 0.3) is 0 Å². The summed E-state index contributed by atoms with van der Waals surface area (Å²) in [7, 11) is -1.35. The molecular formula is C8H12OSi2. The summed E-state index contributed by atoms with van der Waals surface area (Å²) in [5, 5.41) is 0. The molecule has 0 fully saturated rings. The van der Waals surface area contributed by atoms with E-state index in [-0.39, 0.29) is 9.76 Å². The second kappa shape index (κ2) is 5.20. The number of hydrogen-bond acceptors (Lipinski definition) is 1. The standard InChI is InChI=1S/C8H12OSi2/c1-5-9-10-7-8-11(3,4)6-2/h2H,5H2,1,3-4H3. The Hall–Kier alpha value is -0.486. The first-order valence-electron chi connectivity index (χ1n) is 3.49. The van der Waals surface area contributed by atoms with Gasteiger partial charge in [-0.2, -0.15) is 0 Å². The van der Waals surface area contributed by atoms with Gasteiger partial charge >= 0.3 is 9.76 Å². The van der Waals surface area contributed by atoms with Crippen molar-refractivity contribution in [2.24, 2.45) is 0 Å². The molecule has 0 aromatic carbocycles. The molecule has 0 aliphatic rings. The first-order chi connectivity index (χ1) is 5.12. The molecule has 0 aliphatic heterocycles. The summed E-state index contributed by atoms with van der Waals surface area (Å²) in [5.74, 6) is 0. The Balaban J connectivity index is 3.79. The van der Waals surface area contributed by atoms with Gasteiger partial charge in [0.05, 0.1) is 0 Å². The lowest BCUT2D eigenvalue weighted by Gasteiger charge is -2.01. The van der Waals surface area contributed by atoms with Gasteiger partial charge < -0.3 is 4.43 Å². The van der Waals surface area contributed by atoms with Gasteiger partial charge in [0.25, 0.3) is 0 Å². The lowest BCUT2D eigenvalue weighted by Crippen LogP contribution is -2.20. The second-order valence-electron chi connectivity index (χ2n) is 2.55. The highest BCUT2D eigenvalue weighted by atomic mass is 28.3. The maximum atomic E-state index is 5.29. The fraction of sp³-hybridized carbons (Fsp3) is 0.500. The molecule has 0 aromatic rings. The first kappa shape index (κ1) is 10.5. The molecule has 0 aliphatic carbocycles. The van der Waals surface area contributed by atoms with Gasteiger partial charge in [0.1, 0.15) is 0 Å². The van der Waals surface area contributed by atoms with Crippen LogP contribution in [0.2, 0.25) is 13.1 Å². The Bertz CT molecular complexity index is 204. The normalized spacial score (nSPS) is 9.64. The zero-order chi connectivity index (χ0) is 8.74. The van der Waals surface area contributed by atoms with Crippen LogP contribution in [0, 0.1) is 23.1 Å². The van der Waals surface area contributed by atoms with Gasteiger partial charge in [0, 0.05) is 6.61 Å². The molecule has 0 spiro atoms. The summed E-state index contributed by atoms with van der Waals surface area (Å²) in [6, 6.07) is 0. The molecule has 0 aromatic heterocycles. The van der Waals surface area contributed by atoms with E-state index in [0.717, 1.165) is 6.61 Å². The Morgan fingerprint density at radius 2 is 2.18 bits per heavy atom. The smallest absolute Gasteiger partial charge is 0.332 e. The molecule has 0 N–H and O–H groups in total. The van der Waals surface area contributed by atoms with Crippen LogP contribution in [0.1, 0.15) is 6.92 Å². The van der Waals surface area contributed by atoms with Gasteiger partial charge in [0.2, 0.25) is 8.07 Å². The molecule has 0 saturated carbocycles. The minimum atomic E-state index is -1.63. The minimum absolute atomic E-state index is 0.287. The molecule has 58 valence electrons. The summed E-state index contributed by atoms with van der Waals surface area (Å²) < 4.78 is 5.08. The van der Waals surface area contributed by atoms with Crippen LogP contribution in [0.15, 0.2) is 0 Å². The van der Waals surface area contributed by atoms with Crippen LogP contribution in [0.4, 0.5) is 0 Å². The van der Waals surface area contributed by atoms with E-state index in [9.17, 15) is 0 Å². The first-order valence-corrected chi connectivity index (χ1v) is 7.40. The van der Waals surface area contributed by atoms with Gasteiger partial charge in [-0.1, -0.05) is 0 Å². The van der Waals surface area contributed by atoms with E-state index in [2.05, 4.69) is 29.7 Å². The van der Waals surface area contributed by atoms with E-state index in [0.29, 0.717) is 0 Å². The third-order valence-corrected chi connectivity index (χ3v) is 3.39. The SMILES string of the molecule is C#C[Si](C)(C)C#C[Si]OCC. The van der Waals surface area contributed by atoms with Crippen molar-refractivity contribution >= 4 is 17.8 Å². The van der Waals surface area contributed by atoms with Crippen LogP contribution in [-0.4, -0.2) is 24.4 Å². The Labute approximate surface area is 72.5 Å². The van der Waals surface area contributed by atoms with E-state index < -0.39 is 8.07 Å². The lowest BCUT2D eigenvalue weighted by molar-refractivity contribution is 0.368. The predicted octanol–water partition coefficient (Wildman–Crippen LogP) is 1.02. The summed E-state index contributed by atoms with van der Waals surface area (Å²) in [6.45, 7) is 6.79. The monoisotopic (exact) mass is 180 g/mol. The van der Waals surface area contributed by atoms with Crippen LogP contribution in [0.3, 0.4) is 0 Å². The van der Waals surface area contributed by atoms with Crippen LogP contribution >= 0.6 is 0 Å². The van der Waals surface area contributed by atoms with Gasteiger partial charge in [-0.3, -0.25) is 0 Å². The van der Waals surface area contributed by atoms with Gasteiger partial charge in [-0.25, -0.2) is 0 Å². The highest BCUT2D eigenvalue weighted by molar-refractivity contribution is 6.92. The third-order valence-electron chi connectivity index (χ3n) is 1.00. The minimum Gasteiger partial charge on any atom is -0.405 e. The Morgan fingerprint density at radius 1 is 1.55 bits per heavy atom. The molecule has 2 radical (unpaired) electrons. The molecule has 0 rings (SSSR count). The van der Waals surface area contributed by atoms with Gasteiger partial charge in [0.15, 0.2) is 0 Å². The number of hydrogen-bond donors (Lipinski definition) is 0. The van der Waals surface area contributed by atoms with Gasteiger partial charge in [-0.15, -0.1) is 23.1 Å². The van der Waals surface area contributed by atoms with E-state index in [1.54, 1.807) is 0 Å². The highest BCUT2D eigenvalue weighted by Crippen LogP contribution is 1.94. The maximum absolute atomic E-state index is 5.29. The number of rotatable bonds is 2. The van der Waals surface area contributed by atoms with Crippen molar-refractivity contribution in [2.75, 3.05) is 6.61 Å². The second-order valence-corrected chi connectivity index (χ2v) is 7.09. The van der Waals surface area contributed by atoms with Crippen molar-refractivity contribution < 1.29 is 4.43 Å². The van der Waals surface area contributed by atoms with Crippen LogP contribution < -0.4 is 0 Å². The lowest BCUT2D eigenvalue weighted by atomic mass is 10.9. The van der Waals surface area contributed by atoms with E-state index in [1.165, 1.54) is 0 Å². The summed E-state index contributed by atoms with van der Waals surface area (Å²) in [6.07, 6.45) is 5.29. The topological polar surface area (TPSA) is 9.23 Å². The predicted molar refractivity (Wildman–Crippen MR) is 51.5 cm³/mol. The molecular weight excluding hydrogens is 168 g/mol. The van der Waals surface area contributed by atoms with E-state index in [4.69, 9.17) is 10.8 Å². The fourth-order valence-corrected chi connectivity index (χ4v) is 2.07. The quantitative estimate of drug-likeness (QED) is 0.350. The van der Waals surface area contributed by atoms with E-state index >= 15 is 0 Å². The highest BCUT2D eigenvalue weighted by Gasteiger charge is 2.12. The largest absolute Gasteiger partial charge is 0.405 e. The third kappa shape index (κ3) is 5.93. The average Bonchev–Trinajstić information content (AvgIpc) is 1.99. The molecule has 0 unspecified atom stereocenters. The van der Waals surface area contributed by atoms with E-state index in [1.807, 2.05) is 6.92 Å².